The first-order valence-electron chi connectivity index (χ1n) is 6.69. The van der Waals surface area contributed by atoms with E-state index in [1.54, 1.807) is 23.7 Å². The minimum Gasteiger partial charge on any atom is -0.454 e. The number of anilines is 1. The molecule has 120 valence electrons. The number of thiazole rings is 1. The highest BCUT2D eigenvalue weighted by Gasteiger charge is 2.23. The van der Waals surface area contributed by atoms with Gasteiger partial charge in [0.25, 0.3) is 11.8 Å². The molecule has 1 unspecified atom stereocenters. The molecule has 3 N–H and O–H groups in total. The lowest BCUT2D eigenvalue weighted by molar-refractivity contribution is -0.118. The minimum absolute atomic E-state index is 0.107. The Morgan fingerprint density at radius 2 is 2.17 bits per heavy atom. The molecule has 1 aliphatic rings. The second-order valence-corrected chi connectivity index (χ2v) is 5.50. The SMILES string of the molecule is O=C(NC(CO)C(=O)Nc1nccs1)c1ccc2c(c1)OCO2. The number of nitrogens with zero attached hydrogens (tertiary/aromatic N) is 1. The highest BCUT2D eigenvalue weighted by molar-refractivity contribution is 7.13. The lowest BCUT2D eigenvalue weighted by Crippen LogP contribution is -2.46. The van der Waals surface area contributed by atoms with Gasteiger partial charge in [-0.3, -0.25) is 9.59 Å². The molecule has 2 amide bonds. The van der Waals surface area contributed by atoms with E-state index in [2.05, 4.69) is 15.6 Å². The van der Waals surface area contributed by atoms with Crippen molar-refractivity contribution in [2.75, 3.05) is 18.7 Å². The average molecular weight is 335 g/mol. The van der Waals surface area contributed by atoms with Crippen molar-refractivity contribution in [3.63, 3.8) is 0 Å². The van der Waals surface area contributed by atoms with E-state index in [9.17, 15) is 14.7 Å². The summed E-state index contributed by atoms with van der Waals surface area (Å²) in [6.45, 7) is -0.427. The Balaban J connectivity index is 1.66. The normalized spacial score (nSPS) is 13.4. The first-order valence-corrected chi connectivity index (χ1v) is 7.57. The predicted molar refractivity (Wildman–Crippen MR) is 81.6 cm³/mol. The summed E-state index contributed by atoms with van der Waals surface area (Å²) >= 11 is 1.24. The summed E-state index contributed by atoms with van der Waals surface area (Å²) in [6, 6.07) is 3.60. The summed E-state index contributed by atoms with van der Waals surface area (Å²) in [4.78, 5) is 28.2. The van der Waals surface area contributed by atoms with Crippen LogP contribution < -0.4 is 20.1 Å². The maximum absolute atomic E-state index is 12.2. The van der Waals surface area contributed by atoms with E-state index in [0.717, 1.165) is 0 Å². The van der Waals surface area contributed by atoms with Gasteiger partial charge < -0.3 is 25.2 Å². The van der Waals surface area contributed by atoms with Crippen molar-refractivity contribution in [2.45, 2.75) is 6.04 Å². The Morgan fingerprint density at radius 3 is 2.91 bits per heavy atom. The van der Waals surface area contributed by atoms with Crippen LogP contribution in [0.2, 0.25) is 0 Å². The monoisotopic (exact) mass is 335 g/mol. The second-order valence-electron chi connectivity index (χ2n) is 4.60. The molecule has 1 aromatic heterocycles. The van der Waals surface area contributed by atoms with E-state index in [4.69, 9.17) is 9.47 Å². The zero-order valence-corrected chi connectivity index (χ0v) is 12.6. The molecule has 0 fully saturated rings. The van der Waals surface area contributed by atoms with Gasteiger partial charge in [-0.1, -0.05) is 0 Å². The van der Waals surface area contributed by atoms with Crippen molar-refractivity contribution in [3.8, 4) is 11.5 Å². The van der Waals surface area contributed by atoms with Gasteiger partial charge in [-0.15, -0.1) is 11.3 Å². The number of aliphatic hydroxyl groups excluding tert-OH is 1. The fourth-order valence-electron chi connectivity index (χ4n) is 1.95. The van der Waals surface area contributed by atoms with E-state index in [-0.39, 0.29) is 6.79 Å². The molecule has 23 heavy (non-hydrogen) atoms. The lowest BCUT2D eigenvalue weighted by Gasteiger charge is -2.15. The molecular weight excluding hydrogens is 322 g/mol. The maximum atomic E-state index is 12.2. The highest BCUT2D eigenvalue weighted by Crippen LogP contribution is 2.32. The van der Waals surface area contributed by atoms with Crippen LogP contribution in [0.4, 0.5) is 5.13 Å². The topological polar surface area (TPSA) is 110 Å². The van der Waals surface area contributed by atoms with Crippen LogP contribution in [0.5, 0.6) is 11.5 Å². The van der Waals surface area contributed by atoms with E-state index < -0.39 is 24.5 Å². The molecule has 2 aromatic rings. The van der Waals surface area contributed by atoms with Crippen LogP contribution in [-0.4, -0.2) is 41.3 Å². The summed E-state index contributed by atoms with van der Waals surface area (Å²) in [7, 11) is 0. The molecular formula is C14H13N3O5S. The van der Waals surface area contributed by atoms with Gasteiger partial charge in [0.1, 0.15) is 6.04 Å². The van der Waals surface area contributed by atoms with Crippen molar-refractivity contribution in [2.24, 2.45) is 0 Å². The molecule has 0 saturated carbocycles. The standard InChI is InChI=1S/C14H13N3O5S/c18-6-9(13(20)17-14-15-3-4-23-14)16-12(19)8-1-2-10-11(5-8)22-7-21-10/h1-5,9,18H,6-7H2,(H,16,19)(H,15,17,20). The Bertz CT molecular complexity index is 719. The molecule has 1 aliphatic heterocycles. The molecule has 0 aliphatic carbocycles. The van der Waals surface area contributed by atoms with Crippen molar-refractivity contribution in [1.29, 1.82) is 0 Å². The molecule has 0 saturated heterocycles. The summed E-state index contributed by atoms with van der Waals surface area (Å²) in [5.74, 6) is -0.0274. The van der Waals surface area contributed by atoms with Gasteiger partial charge in [0, 0.05) is 17.1 Å². The Hall–Kier alpha value is -2.65. The van der Waals surface area contributed by atoms with Gasteiger partial charge in [-0.2, -0.15) is 0 Å². The molecule has 0 spiro atoms. The number of aromatic nitrogens is 1. The van der Waals surface area contributed by atoms with Gasteiger partial charge >= 0.3 is 0 Å². The third kappa shape index (κ3) is 3.41. The van der Waals surface area contributed by atoms with Crippen LogP contribution in [0.15, 0.2) is 29.8 Å². The lowest BCUT2D eigenvalue weighted by atomic mass is 10.1. The van der Waals surface area contributed by atoms with Crippen LogP contribution >= 0.6 is 11.3 Å². The molecule has 1 aromatic carbocycles. The summed E-state index contributed by atoms with van der Waals surface area (Å²) in [5, 5.41) is 16.4. The molecule has 3 rings (SSSR count). The molecule has 0 radical (unpaired) electrons. The highest BCUT2D eigenvalue weighted by atomic mass is 32.1. The largest absolute Gasteiger partial charge is 0.454 e. The first-order chi connectivity index (χ1) is 11.2. The maximum Gasteiger partial charge on any atom is 0.252 e. The van der Waals surface area contributed by atoms with Gasteiger partial charge in [0.15, 0.2) is 16.6 Å². The van der Waals surface area contributed by atoms with Gasteiger partial charge in [0.05, 0.1) is 6.61 Å². The zero-order valence-electron chi connectivity index (χ0n) is 11.8. The van der Waals surface area contributed by atoms with Gasteiger partial charge in [-0.05, 0) is 18.2 Å². The minimum atomic E-state index is -1.09. The fourth-order valence-corrected chi connectivity index (χ4v) is 2.48. The van der Waals surface area contributed by atoms with Crippen molar-refractivity contribution in [1.82, 2.24) is 10.3 Å². The van der Waals surface area contributed by atoms with E-state index in [1.165, 1.54) is 17.4 Å². The average Bonchev–Trinajstić information content (AvgIpc) is 3.22. The van der Waals surface area contributed by atoms with Crippen molar-refractivity contribution >= 4 is 28.3 Å². The first kappa shape index (κ1) is 15.3. The third-order valence-corrected chi connectivity index (χ3v) is 3.79. The van der Waals surface area contributed by atoms with E-state index >= 15 is 0 Å². The van der Waals surface area contributed by atoms with Gasteiger partial charge in [-0.25, -0.2) is 4.98 Å². The number of rotatable bonds is 5. The van der Waals surface area contributed by atoms with E-state index in [0.29, 0.717) is 22.2 Å². The summed E-state index contributed by atoms with van der Waals surface area (Å²) in [6.07, 6.45) is 1.54. The molecule has 9 heteroatoms. The fraction of sp³-hybridized carbons (Fsp3) is 0.214. The van der Waals surface area contributed by atoms with Gasteiger partial charge in [0.2, 0.25) is 6.79 Å². The number of amides is 2. The molecule has 2 heterocycles. The molecule has 8 nitrogen and oxygen atoms in total. The van der Waals surface area contributed by atoms with Crippen LogP contribution in [0.3, 0.4) is 0 Å². The Kier molecular flexibility index (Phi) is 4.40. The number of carbonyl (C=O) groups excluding carboxylic acids is 2. The number of nitrogens with one attached hydrogen (secondary N) is 2. The number of hydrogen-bond acceptors (Lipinski definition) is 7. The quantitative estimate of drug-likeness (QED) is 0.738. The third-order valence-electron chi connectivity index (χ3n) is 3.10. The Labute approximate surface area is 135 Å². The van der Waals surface area contributed by atoms with Crippen molar-refractivity contribution < 1.29 is 24.2 Å². The summed E-state index contributed by atoms with van der Waals surface area (Å²) < 4.78 is 10.4. The van der Waals surface area contributed by atoms with Crippen LogP contribution in [-0.2, 0) is 4.79 Å². The molecule has 1 atom stereocenters. The van der Waals surface area contributed by atoms with Crippen LogP contribution in [0.25, 0.3) is 0 Å². The second kappa shape index (κ2) is 6.63. The van der Waals surface area contributed by atoms with Crippen molar-refractivity contribution in [3.05, 3.63) is 35.3 Å². The number of carbonyl (C=O) groups is 2. The summed E-state index contributed by atoms with van der Waals surface area (Å²) in [5.41, 5.74) is 0.301. The number of fused-ring (bicyclic) bond motifs is 1. The Morgan fingerprint density at radius 1 is 1.35 bits per heavy atom. The van der Waals surface area contributed by atoms with Crippen LogP contribution in [0.1, 0.15) is 10.4 Å². The zero-order chi connectivity index (χ0) is 16.2. The number of benzene rings is 1. The molecule has 0 bridgehead atoms. The predicted octanol–water partition coefficient (Wildman–Crippen LogP) is 0.601. The smallest absolute Gasteiger partial charge is 0.252 e. The number of ether oxygens (including phenoxy) is 2. The number of hydrogen-bond donors (Lipinski definition) is 3. The van der Waals surface area contributed by atoms with Crippen LogP contribution in [0, 0.1) is 0 Å². The van der Waals surface area contributed by atoms with E-state index in [1.807, 2.05) is 0 Å². The number of aliphatic hydroxyl groups is 1.